The summed E-state index contributed by atoms with van der Waals surface area (Å²) in [6.07, 6.45) is 5.20. The molecule has 0 amide bonds. The zero-order valence-corrected chi connectivity index (χ0v) is 12.9. The molecule has 19 heavy (non-hydrogen) atoms. The minimum atomic E-state index is -0.414. The van der Waals surface area contributed by atoms with Crippen LogP contribution in [0.3, 0.4) is 0 Å². The largest absolute Gasteiger partial charge is 0.307 e. The molecule has 1 nitrogen and oxygen atoms in total. The van der Waals surface area contributed by atoms with Gasteiger partial charge in [-0.25, -0.2) is 4.39 Å². The molecule has 4 heteroatoms. The quantitative estimate of drug-likeness (QED) is 0.738. The van der Waals surface area contributed by atoms with Gasteiger partial charge in [0.1, 0.15) is 5.82 Å². The van der Waals surface area contributed by atoms with Gasteiger partial charge >= 0.3 is 0 Å². The fraction of sp³-hybridized carbons (Fsp3) is 0.600. The first-order valence-electron chi connectivity index (χ1n) is 6.89. The van der Waals surface area contributed by atoms with Gasteiger partial charge in [0, 0.05) is 17.1 Å². The predicted octanol–water partition coefficient (Wildman–Crippen LogP) is 5.36. The minimum absolute atomic E-state index is 0.0230. The maximum absolute atomic E-state index is 13.5. The van der Waals surface area contributed by atoms with E-state index >= 15 is 0 Å². The van der Waals surface area contributed by atoms with E-state index in [-0.39, 0.29) is 11.1 Å². The van der Waals surface area contributed by atoms with Crippen LogP contribution in [0.4, 0.5) is 4.39 Å². The lowest BCUT2D eigenvalue weighted by Gasteiger charge is -2.25. The number of hydrogen-bond donors (Lipinski definition) is 1. The molecule has 1 aliphatic rings. The second-order valence-electron chi connectivity index (χ2n) is 5.51. The number of benzene rings is 1. The molecule has 0 heterocycles. The SMILES string of the molecule is CC(N[C@H](C)C1CCCC1)c1cc(F)c(Cl)cc1Cl. The van der Waals surface area contributed by atoms with Gasteiger partial charge in [-0.15, -0.1) is 0 Å². The van der Waals surface area contributed by atoms with Crippen LogP contribution in [0.1, 0.15) is 51.1 Å². The fourth-order valence-corrected chi connectivity index (χ4v) is 3.49. The van der Waals surface area contributed by atoms with E-state index in [4.69, 9.17) is 23.2 Å². The van der Waals surface area contributed by atoms with Crippen molar-refractivity contribution in [3.8, 4) is 0 Å². The highest BCUT2D eigenvalue weighted by molar-refractivity contribution is 6.35. The molecule has 2 atom stereocenters. The van der Waals surface area contributed by atoms with Gasteiger partial charge in [-0.1, -0.05) is 36.0 Å². The Kier molecular flexibility index (Phi) is 5.10. The van der Waals surface area contributed by atoms with Crippen molar-refractivity contribution in [2.45, 2.75) is 51.6 Å². The first-order valence-corrected chi connectivity index (χ1v) is 7.65. The van der Waals surface area contributed by atoms with E-state index in [9.17, 15) is 4.39 Å². The minimum Gasteiger partial charge on any atom is -0.307 e. The second kappa shape index (κ2) is 6.43. The zero-order chi connectivity index (χ0) is 14.0. The molecule has 0 spiro atoms. The molecule has 2 rings (SSSR count). The Morgan fingerprint density at radius 2 is 1.79 bits per heavy atom. The van der Waals surface area contributed by atoms with Gasteiger partial charge in [0.05, 0.1) is 5.02 Å². The molecule has 0 aromatic heterocycles. The fourth-order valence-electron chi connectivity index (χ4n) is 2.95. The van der Waals surface area contributed by atoms with Crippen LogP contribution in [0.15, 0.2) is 12.1 Å². The van der Waals surface area contributed by atoms with Gasteiger partial charge in [-0.2, -0.15) is 0 Å². The third-order valence-electron chi connectivity index (χ3n) is 4.13. The predicted molar refractivity (Wildman–Crippen MR) is 79.4 cm³/mol. The van der Waals surface area contributed by atoms with E-state index in [0.717, 1.165) is 11.5 Å². The molecular weight excluding hydrogens is 284 g/mol. The van der Waals surface area contributed by atoms with Crippen LogP contribution in [-0.4, -0.2) is 6.04 Å². The summed E-state index contributed by atoms with van der Waals surface area (Å²) in [6.45, 7) is 4.21. The highest BCUT2D eigenvalue weighted by Crippen LogP contribution is 2.31. The average molecular weight is 304 g/mol. The van der Waals surface area contributed by atoms with Gasteiger partial charge in [0.15, 0.2) is 0 Å². The Morgan fingerprint density at radius 3 is 2.42 bits per heavy atom. The normalized spacial score (nSPS) is 19.6. The van der Waals surface area contributed by atoms with Gasteiger partial charge in [0.2, 0.25) is 0 Å². The number of halogens is 3. The molecular formula is C15H20Cl2FN. The highest BCUT2D eigenvalue weighted by Gasteiger charge is 2.23. The van der Waals surface area contributed by atoms with Crippen LogP contribution in [0.2, 0.25) is 10.0 Å². The van der Waals surface area contributed by atoms with Crippen molar-refractivity contribution < 1.29 is 4.39 Å². The zero-order valence-electron chi connectivity index (χ0n) is 11.3. The van der Waals surface area contributed by atoms with E-state index in [0.29, 0.717) is 11.1 Å². The molecule has 1 aliphatic carbocycles. The van der Waals surface area contributed by atoms with Crippen molar-refractivity contribution in [2.75, 3.05) is 0 Å². The highest BCUT2D eigenvalue weighted by atomic mass is 35.5. The van der Waals surface area contributed by atoms with E-state index < -0.39 is 5.82 Å². The van der Waals surface area contributed by atoms with Crippen LogP contribution in [0.25, 0.3) is 0 Å². The molecule has 0 bridgehead atoms. The summed E-state index contributed by atoms with van der Waals surface area (Å²) in [5, 5.41) is 4.12. The van der Waals surface area contributed by atoms with Crippen LogP contribution in [-0.2, 0) is 0 Å². The van der Waals surface area contributed by atoms with Crippen molar-refractivity contribution in [3.63, 3.8) is 0 Å². The Morgan fingerprint density at radius 1 is 1.16 bits per heavy atom. The van der Waals surface area contributed by atoms with Gasteiger partial charge < -0.3 is 5.32 Å². The molecule has 1 aromatic rings. The number of rotatable bonds is 4. The summed E-state index contributed by atoms with van der Waals surface area (Å²) in [6, 6.07) is 3.36. The molecule has 0 saturated heterocycles. The summed E-state index contributed by atoms with van der Waals surface area (Å²) in [7, 11) is 0. The monoisotopic (exact) mass is 303 g/mol. The lowest BCUT2D eigenvalue weighted by molar-refractivity contribution is 0.352. The molecule has 1 aromatic carbocycles. The van der Waals surface area contributed by atoms with Crippen LogP contribution in [0.5, 0.6) is 0 Å². The first-order chi connectivity index (χ1) is 8.99. The Hall–Kier alpha value is -0.310. The van der Waals surface area contributed by atoms with Gasteiger partial charge in [-0.3, -0.25) is 0 Å². The van der Waals surface area contributed by atoms with Crippen molar-refractivity contribution in [3.05, 3.63) is 33.6 Å². The molecule has 1 fully saturated rings. The number of hydrogen-bond acceptors (Lipinski definition) is 1. The summed E-state index contributed by atoms with van der Waals surface area (Å²) >= 11 is 11.9. The third-order valence-corrected chi connectivity index (χ3v) is 4.74. The van der Waals surface area contributed by atoms with Crippen LogP contribution >= 0.6 is 23.2 Å². The van der Waals surface area contributed by atoms with Crippen molar-refractivity contribution in [1.29, 1.82) is 0 Å². The molecule has 1 N–H and O–H groups in total. The molecule has 106 valence electrons. The van der Waals surface area contributed by atoms with Gasteiger partial charge in [0.25, 0.3) is 0 Å². The first kappa shape index (κ1) is 15.1. The summed E-state index contributed by atoms with van der Waals surface area (Å²) in [4.78, 5) is 0. The summed E-state index contributed by atoms with van der Waals surface area (Å²) in [5.74, 6) is 0.307. The van der Waals surface area contributed by atoms with E-state index in [2.05, 4.69) is 12.2 Å². The summed E-state index contributed by atoms with van der Waals surface area (Å²) < 4.78 is 13.5. The lowest BCUT2D eigenvalue weighted by Crippen LogP contribution is -2.34. The van der Waals surface area contributed by atoms with Crippen LogP contribution < -0.4 is 5.32 Å². The molecule has 0 radical (unpaired) electrons. The average Bonchev–Trinajstić information content (AvgIpc) is 2.87. The Bertz CT molecular complexity index is 444. The van der Waals surface area contributed by atoms with Crippen molar-refractivity contribution in [2.24, 2.45) is 5.92 Å². The standard InChI is InChI=1S/C15H20Cl2FN/c1-9(11-5-3-4-6-11)19-10(2)12-7-15(18)14(17)8-13(12)16/h7-11,19H,3-6H2,1-2H3/t9-,10?/m1/s1. The number of nitrogens with one attached hydrogen (secondary N) is 1. The second-order valence-corrected chi connectivity index (χ2v) is 6.32. The molecule has 1 saturated carbocycles. The van der Waals surface area contributed by atoms with Crippen molar-refractivity contribution in [1.82, 2.24) is 5.32 Å². The topological polar surface area (TPSA) is 12.0 Å². The maximum Gasteiger partial charge on any atom is 0.142 e. The summed E-state index contributed by atoms with van der Waals surface area (Å²) in [5.41, 5.74) is 0.772. The Balaban J connectivity index is 2.06. The van der Waals surface area contributed by atoms with E-state index in [1.165, 1.54) is 37.8 Å². The lowest BCUT2D eigenvalue weighted by atomic mass is 9.98. The van der Waals surface area contributed by atoms with Crippen molar-refractivity contribution >= 4 is 23.2 Å². The maximum atomic E-state index is 13.5. The smallest absolute Gasteiger partial charge is 0.142 e. The Labute approximate surface area is 124 Å². The third kappa shape index (κ3) is 3.62. The van der Waals surface area contributed by atoms with Gasteiger partial charge in [-0.05, 0) is 50.3 Å². The molecule has 0 aliphatic heterocycles. The van der Waals surface area contributed by atoms with E-state index in [1.807, 2.05) is 6.92 Å². The van der Waals surface area contributed by atoms with E-state index in [1.54, 1.807) is 0 Å². The molecule has 1 unspecified atom stereocenters. The van der Waals surface area contributed by atoms with Crippen LogP contribution in [0, 0.1) is 11.7 Å².